The van der Waals surface area contributed by atoms with E-state index >= 15 is 0 Å². The summed E-state index contributed by atoms with van der Waals surface area (Å²) >= 11 is 0. The lowest BCUT2D eigenvalue weighted by atomic mass is 9.32. The molecule has 0 atom stereocenters. The normalized spacial score (nSPS) is 22.4. The second-order valence-electron chi connectivity index (χ2n) is 26.5. The highest BCUT2D eigenvalue weighted by molar-refractivity contribution is 7.00. The fraction of sp³-hybridized carbons (Fsp3) is 0.438. The number of anilines is 6. The fourth-order valence-electron chi connectivity index (χ4n) is 15.0. The molecule has 0 amide bonds. The Balaban J connectivity index is 1.26. The molecule has 3 heteroatoms. The highest BCUT2D eigenvalue weighted by Gasteiger charge is 2.51. The number of aryl methyl sites for hydroxylation is 2. The lowest BCUT2D eigenvalue weighted by Crippen LogP contribution is -2.62. The second kappa shape index (κ2) is 13.2. The van der Waals surface area contributed by atoms with Crippen LogP contribution < -0.4 is 26.2 Å². The topological polar surface area (TPSA) is 6.48 Å². The van der Waals surface area contributed by atoms with Gasteiger partial charge in [0.2, 0.25) is 0 Å². The van der Waals surface area contributed by atoms with Crippen LogP contribution in [-0.4, -0.2) is 6.71 Å². The molecule has 0 bridgehead atoms. The molecule has 0 spiro atoms. The summed E-state index contributed by atoms with van der Waals surface area (Å²) in [6.45, 7) is 33.7. The van der Waals surface area contributed by atoms with Gasteiger partial charge in [0.25, 0.3) is 6.71 Å². The van der Waals surface area contributed by atoms with Crippen molar-refractivity contribution in [3.63, 3.8) is 0 Å². The third kappa shape index (κ3) is 5.76. The Morgan fingerprint density at radius 2 is 0.881 bits per heavy atom. The number of benzene rings is 6. The average molecular weight is 884 g/mol. The van der Waals surface area contributed by atoms with Gasteiger partial charge < -0.3 is 9.80 Å². The summed E-state index contributed by atoms with van der Waals surface area (Å²) in [6.07, 6.45) is 5.53. The van der Waals surface area contributed by atoms with Crippen molar-refractivity contribution in [3.05, 3.63) is 147 Å². The monoisotopic (exact) mass is 884 g/mol. The Kier molecular flexibility index (Phi) is 7.86. The maximum absolute atomic E-state index is 9.31. The van der Waals surface area contributed by atoms with E-state index in [0.29, 0.717) is 5.56 Å². The predicted molar refractivity (Wildman–Crippen MR) is 289 cm³/mol. The first-order chi connectivity index (χ1) is 32.5. The Bertz CT molecular complexity index is 3300. The van der Waals surface area contributed by atoms with Crippen molar-refractivity contribution >= 4 is 57.2 Å². The highest BCUT2D eigenvalue weighted by atomic mass is 15.2. The zero-order valence-electron chi connectivity index (χ0n) is 46.2. The van der Waals surface area contributed by atoms with Gasteiger partial charge >= 0.3 is 0 Å². The van der Waals surface area contributed by atoms with E-state index in [-0.39, 0.29) is 44.6 Å². The van der Waals surface area contributed by atoms with Crippen LogP contribution in [0, 0.1) is 13.8 Å². The van der Waals surface area contributed by atoms with Crippen LogP contribution in [0.25, 0.3) is 11.1 Å². The van der Waals surface area contributed by atoms with Crippen LogP contribution in [0.4, 0.5) is 34.1 Å². The molecule has 2 heterocycles. The summed E-state index contributed by atoms with van der Waals surface area (Å²) in [4.78, 5) is 5.08. The maximum Gasteiger partial charge on any atom is 0.252 e. The van der Waals surface area contributed by atoms with Gasteiger partial charge in [-0.25, -0.2) is 0 Å². The largest absolute Gasteiger partial charge is 0.311 e. The molecule has 67 heavy (non-hydrogen) atoms. The molecule has 0 radical (unpaired) electrons. The first-order valence-corrected chi connectivity index (χ1v) is 25.5. The molecular formula is C64H73BN2. The van der Waals surface area contributed by atoms with E-state index < -0.39 is 6.85 Å². The summed E-state index contributed by atoms with van der Waals surface area (Å²) in [5.74, 6) is 0. The SMILES string of the molecule is [2H]C([2H])([2H])c1cc2c3c(c1)N(c1cccc4c1C(C)(C)c1ccccc1-4)c1cc4c(cc1B3c1cc3c(cc1N2c1cc2c(cc1C)C(C)(C)CCC2(C)C)C(C)(C)CC3(C)C)C(C)(C)CCC4(C)C. The first-order valence-electron chi connectivity index (χ1n) is 27.0. The van der Waals surface area contributed by atoms with Crippen LogP contribution in [-0.2, 0) is 37.9 Å². The molecule has 6 aromatic carbocycles. The standard InChI is InChI=1S/C64H73BN2/c1-37-28-54-57-55(29-37)67(51-33-45-42(30-38(51)2)58(3,4)24-26-60(45,7)8)53-35-47-44(62(11,12)36-63(47,13)14)32-49(53)65(57)48-31-43-46(61(9,10)27-25-59(43,5)6)34-52(48)66(54)50-23-19-21-40-39-20-17-18-22-41(39)64(15,16)56(40)50/h17-23,28-35H,24-27,36H2,1-16H3/i1D3. The third-order valence-electron chi connectivity index (χ3n) is 18.7. The molecule has 0 N–H and O–H groups in total. The summed E-state index contributed by atoms with van der Waals surface area (Å²) < 4.78 is 27.9. The van der Waals surface area contributed by atoms with Crippen molar-refractivity contribution in [2.75, 3.05) is 9.80 Å². The van der Waals surface area contributed by atoms with Gasteiger partial charge in [-0.05, 0) is 198 Å². The molecule has 4 aliphatic carbocycles. The van der Waals surface area contributed by atoms with Gasteiger partial charge in [-0.15, -0.1) is 0 Å². The van der Waals surface area contributed by atoms with Crippen molar-refractivity contribution < 1.29 is 4.11 Å². The number of hydrogen-bond acceptors (Lipinski definition) is 2. The van der Waals surface area contributed by atoms with Crippen molar-refractivity contribution in [3.8, 4) is 11.1 Å². The van der Waals surface area contributed by atoms with Crippen LogP contribution in [0.3, 0.4) is 0 Å². The number of fused-ring (bicyclic) bond motifs is 10. The Labute approximate surface area is 407 Å². The molecule has 342 valence electrons. The molecule has 0 saturated heterocycles. The van der Waals surface area contributed by atoms with Gasteiger partial charge in [0.05, 0.1) is 5.69 Å². The molecule has 0 aromatic heterocycles. The van der Waals surface area contributed by atoms with Gasteiger partial charge in [0.15, 0.2) is 0 Å². The van der Waals surface area contributed by atoms with Crippen LogP contribution in [0.5, 0.6) is 0 Å². The quantitative estimate of drug-likeness (QED) is 0.160. The van der Waals surface area contributed by atoms with Crippen LogP contribution >= 0.6 is 0 Å². The van der Waals surface area contributed by atoms with Gasteiger partial charge in [-0.3, -0.25) is 0 Å². The minimum Gasteiger partial charge on any atom is -0.311 e. The highest BCUT2D eigenvalue weighted by Crippen LogP contribution is 2.58. The summed E-state index contributed by atoms with van der Waals surface area (Å²) in [7, 11) is 0. The maximum atomic E-state index is 9.31. The first kappa shape index (κ1) is 39.9. The third-order valence-corrected chi connectivity index (χ3v) is 18.7. The minimum atomic E-state index is -2.37. The van der Waals surface area contributed by atoms with E-state index in [9.17, 15) is 4.11 Å². The van der Waals surface area contributed by atoms with Crippen LogP contribution in [0.15, 0.2) is 91.0 Å². The zero-order chi connectivity index (χ0) is 50.0. The predicted octanol–water partition coefficient (Wildman–Crippen LogP) is 15.3. The fourth-order valence-corrected chi connectivity index (χ4v) is 15.0. The van der Waals surface area contributed by atoms with E-state index in [4.69, 9.17) is 0 Å². The van der Waals surface area contributed by atoms with Crippen molar-refractivity contribution in [1.29, 1.82) is 0 Å². The minimum absolute atomic E-state index is 0.0220. The van der Waals surface area contributed by atoms with Gasteiger partial charge in [0, 0.05) is 38.0 Å². The lowest BCUT2D eigenvalue weighted by Gasteiger charge is -2.48. The second-order valence-corrected chi connectivity index (χ2v) is 26.5. The molecule has 6 aliphatic rings. The Morgan fingerprint density at radius 3 is 1.43 bits per heavy atom. The van der Waals surface area contributed by atoms with Gasteiger partial charge in [-0.1, -0.05) is 152 Å². The number of rotatable bonds is 2. The summed E-state index contributed by atoms with van der Waals surface area (Å²) in [5, 5.41) is 0. The molecular weight excluding hydrogens is 808 g/mol. The van der Waals surface area contributed by atoms with Crippen LogP contribution in [0.2, 0.25) is 0 Å². The molecule has 6 aromatic rings. The van der Waals surface area contributed by atoms with Crippen LogP contribution in [0.1, 0.15) is 189 Å². The van der Waals surface area contributed by atoms with E-state index in [0.717, 1.165) is 54.9 Å². The van der Waals surface area contributed by atoms with E-state index in [1.54, 1.807) is 0 Å². The molecule has 2 aliphatic heterocycles. The van der Waals surface area contributed by atoms with E-state index in [1.165, 1.54) is 89.0 Å². The van der Waals surface area contributed by atoms with Gasteiger partial charge in [0.1, 0.15) is 0 Å². The molecule has 0 fully saturated rings. The van der Waals surface area contributed by atoms with E-state index in [2.05, 4.69) is 205 Å². The smallest absolute Gasteiger partial charge is 0.252 e. The molecule has 0 unspecified atom stereocenters. The van der Waals surface area contributed by atoms with Crippen molar-refractivity contribution in [2.45, 2.75) is 181 Å². The summed E-state index contributed by atoms with van der Waals surface area (Å²) in [6, 6.07) is 35.3. The van der Waals surface area contributed by atoms with Crippen molar-refractivity contribution in [2.24, 2.45) is 0 Å². The number of nitrogens with zero attached hydrogens (tertiary/aromatic N) is 2. The molecule has 2 nitrogen and oxygen atoms in total. The summed E-state index contributed by atoms with van der Waals surface area (Å²) in [5.41, 5.74) is 25.2. The van der Waals surface area contributed by atoms with Crippen molar-refractivity contribution in [1.82, 2.24) is 0 Å². The molecule has 0 saturated carbocycles. The molecule has 12 rings (SSSR count). The van der Waals surface area contributed by atoms with Gasteiger partial charge in [-0.2, -0.15) is 0 Å². The lowest BCUT2D eigenvalue weighted by molar-refractivity contribution is 0.332. The zero-order valence-corrected chi connectivity index (χ0v) is 43.2. The number of hydrogen-bond donors (Lipinski definition) is 0. The van der Waals surface area contributed by atoms with E-state index in [1.807, 2.05) is 0 Å². The Hall–Kier alpha value is -5.02. The Morgan fingerprint density at radius 1 is 0.433 bits per heavy atom. The average Bonchev–Trinajstić information content (AvgIpc) is 3.62.